The van der Waals surface area contributed by atoms with Gasteiger partial charge >= 0.3 is 5.97 Å². The summed E-state index contributed by atoms with van der Waals surface area (Å²) in [5.41, 5.74) is 0.474. The Balaban J connectivity index is 2.30. The SMILES string of the molecule is N=C1CC(=O)OC2=CC=CCC12. The fraction of sp³-hybridized carbons (Fsp3) is 0.333. The second-order valence-electron chi connectivity index (χ2n) is 2.96. The fourth-order valence-electron chi connectivity index (χ4n) is 1.48. The molecule has 0 bridgehead atoms. The molecule has 2 aliphatic rings. The van der Waals surface area contributed by atoms with Crippen molar-refractivity contribution in [3.8, 4) is 0 Å². The van der Waals surface area contributed by atoms with Crippen molar-refractivity contribution in [1.82, 2.24) is 0 Å². The minimum atomic E-state index is -0.308. The molecular weight excluding hydrogens is 154 g/mol. The van der Waals surface area contributed by atoms with Gasteiger partial charge in [-0.15, -0.1) is 0 Å². The number of carbonyl (C=O) groups is 1. The van der Waals surface area contributed by atoms with Crippen LogP contribution in [0, 0.1) is 11.3 Å². The Morgan fingerprint density at radius 2 is 2.42 bits per heavy atom. The molecule has 62 valence electrons. The number of allylic oxidation sites excluding steroid dienone is 4. The molecule has 1 aliphatic heterocycles. The van der Waals surface area contributed by atoms with Crippen LogP contribution in [0.3, 0.4) is 0 Å². The lowest BCUT2D eigenvalue weighted by Gasteiger charge is -2.25. The number of fused-ring (bicyclic) bond motifs is 1. The number of hydrogen-bond acceptors (Lipinski definition) is 3. The molecule has 1 N–H and O–H groups in total. The van der Waals surface area contributed by atoms with Gasteiger partial charge in [0.1, 0.15) is 5.76 Å². The molecule has 1 fully saturated rings. The highest BCUT2D eigenvalue weighted by Crippen LogP contribution is 2.28. The van der Waals surface area contributed by atoms with Crippen LogP contribution >= 0.6 is 0 Å². The largest absolute Gasteiger partial charge is 0.430 e. The van der Waals surface area contributed by atoms with Crippen LogP contribution in [0.2, 0.25) is 0 Å². The quantitative estimate of drug-likeness (QED) is 0.549. The maximum Gasteiger partial charge on any atom is 0.316 e. The minimum absolute atomic E-state index is 0.0210. The summed E-state index contributed by atoms with van der Waals surface area (Å²) in [6, 6.07) is 0. The van der Waals surface area contributed by atoms with Crippen LogP contribution in [-0.4, -0.2) is 11.7 Å². The van der Waals surface area contributed by atoms with Crippen LogP contribution in [0.4, 0.5) is 0 Å². The Bertz CT molecular complexity index is 302. The second-order valence-corrected chi connectivity index (χ2v) is 2.96. The van der Waals surface area contributed by atoms with E-state index < -0.39 is 0 Å². The lowest BCUT2D eigenvalue weighted by atomic mass is 9.90. The summed E-state index contributed by atoms with van der Waals surface area (Å²) in [6.07, 6.45) is 6.55. The Hall–Kier alpha value is -1.38. The average Bonchev–Trinajstić information content (AvgIpc) is 2.04. The van der Waals surface area contributed by atoms with Crippen molar-refractivity contribution in [2.45, 2.75) is 12.8 Å². The molecule has 1 unspecified atom stereocenters. The van der Waals surface area contributed by atoms with E-state index in [1.165, 1.54) is 0 Å². The number of nitrogens with one attached hydrogen (secondary N) is 1. The molecule has 3 heteroatoms. The van der Waals surface area contributed by atoms with Crippen LogP contribution in [0.25, 0.3) is 0 Å². The molecular formula is C9H9NO2. The maximum absolute atomic E-state index is 10.9. The van der Waals surface area contributed by atoms with Gasteiger partial charge in [-0.05, 0) is 12.5 Å². The smallest absolute Gasteiger partial charge is 0.316 e. The first-order valence-electron chi connectivity index (χ1n) is 3.92. The zero-order valence-corrected chi connectivity index (χ0v) is 6.54. The number of esters is 1. The summed E-state index contributed by atoms with van der Waals surface area (Å²) in [4.78, 5) is 10.9. The zero-order valence-electron chi connectivity index (χ0n) is 6.54. The van der Waals surface area contributed by atoms with E-state index in [1.807, 2.05) is 12.2 Å². The molecule has 3 nitrogen and oxygen atoms in total. The third kappa shape index (κ3) is 1.07. The van der Waals surface area contributed by atoms with Gasteiger partial charge in [-0.25, -0.2) is 0 Å². The summed E-state index contributed by atoms with van der Waals surface area (Å²) >= 11 is 0. The summed E-state index contributed by atoms with van der Waals surface area (Å²) in [6.45, 7) is 0. The highest BCUT2D eigenvalue weighted by atomic mass is 16.5. The van der Waals surface area contributed by atoms with Gasteiger partial charge in [0.15, 0.2) is 0 Å². The van der Waals surface area contributed by atoms with Crippen LogP contribution < -0.4 is 0 Å². The average molecular weight is 163 g/mol. The second kappa shape index (κ2) is 2.59. The number of hydrogen-bond donors (Lipinski definition) is 1. The van der Waals surface area contributed by atoms with Crippen molar-refractivity contribution in [2.75, 3.05) is 0 Å². The summed E-state index contributed by atoms with van der Waals surface area (Å²) in [5.74, 6) is 0.351. The molecule has 0 aromatic heterocycles. The predicted octanol–water partition coefficient (Wildman–Crippen LogP) is 1.41. The van der Waals surface area contributed by atoms with Crippen molar-refractivity contribution in [1.29, 1.82) is 5.41 Å². The molecule has 0 radical (unpaired) electrons. The lowest BCUT2D eigenvalue weighted by molar-refractivity contribution is -0.139. The third-order valence-electron chi connectivity index (χ3n) is 2.10. The van der Waals surface area contributed by atoms with Crippen molar-refractivity contribution >= 4 is 11.7 Å². The Morgan fingerprint density at radius 3 is 3.25 bits per heavy atom. The van der Waals surface area contributed by atoms with Crippen molar-refractivity contribution in [3.05, 3.63) is 24.0 Å². The third-order valence-corrected chi connectivity index (χ3v) is 2.10. The molecule has 0 aromatic rings. The molecule has 0 spiro atoms. The maximum atomic E-state index is 10.9. The Morgan fingerprint density at radius 1 is 1.58 bits per heavy atom. The zero-order chi connectivity index (χ0) is 8.55. The molecule has 1 atom stereocenters. The van der Waals surface area contributed by atoms with Gasteiger partial charge in [-0.2, -0.15) is 0 Å². The Kier molecular flexibility index (Phi) is 1.57. The minimum Gasteiger partial charge on any atom is -0.430 e. The predicted molar refractivity (Wildman–Crippen MR) is 43.8 cm³/mol. The van der Waals surface area contributed by atoms with Gasteiger partial charge in [-0.3, -0.25) is 4.79 Å². The van der Waals surface area contributed by atoms with Crippen LogP contribution in [0.1, 0.15) is 12.8 Å². The van der Waals surface area contributed by atoms with E-state index in [2.05, 4.69) is 0 Å². The summed E-state index contributed by atoms with van der Waals surface area (Å²) in [5, 5.41) is 7.57. The van der Waals surface area contributed by atoms with Crippen molar-refractivity contribution in [3.63, 3.8) is 0 Å². The molecule has 12 heavy (non-hydrogen) atoms. The monoisotopic (exact) mass is 163 g/mol. The first-order valence-corrected chi connectivity index (χ1v) is 3.92. The van der Waals surface area contributed by atoms with E-state index in [9.17, 15) is 4.79 Å². The molecule has 2 rings (SSSR count). The topological polar surface area (TPSA) is 50.2 Å². The van der Waals surface area contributed by atoms with E-state index in [0.29, 0.717) is 11.5 Å². The van der Waals surface area contributed by atoms with Gasteiger partial charge in [0, 0.05) is 5.71 Å². The van der Waals surface area contributed by atoms with Gasteiger partial charge in [-0.1, -0.05) is 12.2 Å². The van der Waals surface area contributed by atoms with E-state index in [-0.39, 0.29) is 18.3 Å². The molecule has 1 heterocycles. The van der Waals surface area contributed by atoms with Crippen LogP contribution in [-0.2, 0) is 9.53 Å². The van der Waals surface area contributed by atoms with Gasteiger partial charge in [0.05, 0.1) is 12.3 Å². The highest BCUT2D eigenvalue weighted by molar-refractivity contribution is 6.02. The van der Waals surface area contributed by atoms with E-state index in [0.717, 1.165) is 6.42 Å². The lowest BCUT2D eigenvalue weighted by Crippen LogP contribution is -2.29. The Labute approximate surface area is 70.2 Å². The molecule has 0 aromatic carbocycles. The van der Waals surface area contributed by atoms with Gasteiger partial charge in [0.25, 0.3) is 0 Å². The fourth-order valence-corrected chi connectivity index (χ4v) is 1.48. The summed E-state index contributed by atoms with van der Waals surface area (Å²) in [7, 11) is 0. The highest BCUT2D eigenvalue weighted by Gasteiger charge is 2.30. The first kappa shape index (κ1) is 7.28. The normalized spacial score (nSPS) is 27.7. The van der Waals surface area contributed by atoms with Crippen LogP contribution in [0.5, 0.6) is 0 Å². The van der Waals surface area contributed by atoms with E-state index in [4.69, 9.17) is 10.1 Å². The van der Waals surface area contributed by atoms with Crippen molar-refractivity contribution < 1.29 is 9.53 Å². The molecule has 0 amide bonds. The number of carbonyl (C=O) groups excluding carboxylic acids is 1. The van der Waals surface area contributed by atoms with E-state index >= 15 is 0 Å². The standard InChI is InChI=1S/C9H9NO2/c10-7-5-9(11)12-8-4-2-1-3-6(7)8/h1-2,4,6,10H,3,5H2. The van der Waals surface area contributed by atoms with E-state index in [1.54, 1.807) is 6.08 Å². The molecule has 1 aliphatic carbocycles. The van der Waals surface area contributed by atoms with Crippen LogP contribution in [0.15, 0.2) is 24.0 Å². The van der Waals surface area contributed by atoms with Gasteiger partial charge < -0.3 is 10.1 Å². The first-order chi connectivity index (χ1) is 5.77. The number of ether oxygens (including phenoxy) is 1. The molecule has 0 saturated carbocycles. The van der Waals surface area contributed by atoms with Gasteiger partial charge in [0.2, 0.25) is 0 Å². The summed E-state index contributed by atoms with van der Waals surface area (Å²) < 4.78 is 4.99. The van der Waals surface area contributed by atoms with Crippen molar-refractivity contribution in [2.24, 2.45) is 5.92 Å². The number of rotatable bonds is 0. The molecule has 1 saturated heterocycles.